The molecule has 0 radical (unpaired) electrons. The fourth-order valence-corrected chi connectivity index (χ4v) is 3.69. The van der Waals surface area contributed by atoms with Crippen LogP contribution in [-0.4, -0.2) is 57.9 Å². The highest BCUT2D eigenvalue weighted by Gasteiger charge is 2.33. The average molecular weight is 365 g/mol. The predicted octanol–water partition coefficient (Wildman–Crippen LogP) is 2.09. The van der Waals surface area contributed by atoms with E-state index in [0.717, 1.165) is 13.1 Å². The normalized spacial score (nSPS) is 20.8. The quantitative estimate of drug-likeness (QED) is 0.350. The van der Waals surface area contributed by atoms with Crippen LogP contribution in [0.25, 0.3) is 6.08 Å². The van der Waals surface area contributed by atoms with E-state index in [1.165, 1.54) is 23.9 Å². The second-order valence-electron chi connectivity index (χ2n) is 5.33. The van der Waals surface area contributed by atoms with Crippen LogP contribution in [0.2, 0.25) is 0 Å². The summed E-state index contributed by atoms with van der Waals surface area (Å²) in [4.78, 5) is 27.1. The zero-order chi connectivity index (χ0) is 17.1. The molecule has 1 aromatic rings. The van der Waals surface area contributed by atoms with Crippen LogP contribution in [0.3, 0.4) is 0 Å². The number of carbonyl (C=O) groups is 1. The molecule has 126 valence electrons. The summed E-state index contributed by atoms with van der Waals surface area (Å²) < 4.78 is 5.80. The van der Waals surface area contributed by atoms with Gasteiger partial charge in [-0.2, -0.15) is 0 Å². The number of rotatable bonds is 4. The van der Waals surface area contributed by atoms with E-state index in [4.69, 9.17) is 17.0 Å². The fraction of sp³-hybridized carbons (Fsp3) is 0.333. The van der Waals surface area contributed by atoms with Gasteiger partial charge >= 0.3 is 0 Å². The largest absolute Gasteiger partial charge is 0.379 e. The third-order valence-electron chi connectivity index (χ3n) is 3.70. The van der Waals surface area contributed by atoms with Crippen LogP contribution in [0.1, 0.15) is 5.56 Å². The second kappa shape index (κ2) is 7.39. The topological polar surface area (TPSA) is 75.9 Å². The fourth-order valence-electron chi connectivity index (χ4n) is 2.44. The Labute approximate surface area is 148 Å². The molecule has 1 amide bonds. The Bertz CT molecular complexity index is 716. The smallest absolute Gasteiger partial charge is 0.270 e. The summed E-state index contributed by atoms with van der Waals surface area (Å²) in [6.45, 7) is 3.28. The molecule has 2 heterocycles. The van der Waals surface area contributed by atoms with Gasteiger partial charge in [-0.05, 0) is 11.6 Å². The van der Waals surface area contributed by atoms with Crippen molar-refractivity contribution in [1.82, 2.24) is 9.80 Å². The van der Waals surface area contributed by atoms with Crippen molar-refractivity contribution in [2.45, 2.75) is 0 Å². The minimum Gasteiger partial charge on any atom is -0.379 e. The van der Waals surface area contributed by atoms with Crippen molar-refractivity contribution >= 4 is 46.0 Å². The number of thioether (sulfide) groups is 1. The first-order valence-corrected chi connectivity index (χ1v) is 8.57. The molecule has 2 aliphatic heterocycles. The van der Waals surface area contributed by atoms with E-state index in [-0.39, 0.29) is 11.6 Å². The minimum atomic E-state index is -0.457. The van der Waals surface area contributed by atoms with E-state index < -0.39 is 4.92 Å². The Morgan fingerprint density at radius 1 is 1.38 bits per heavy atom. The summed E-state index contributed by atoms with van der Waals surface area (Å²) in [6, 6.07) is 6.18. The van der Waals surface area contributed by atoms with Crippen LogP contribution in [0.4, 0.5) is 5.69 Å². The molecule has 0 spiro atoms. The monoisotopic (exact) mass is 365 g/mol. The van der Waals surface area contributed by atoms with Crippen molar-refractivity contribution in [3.8, 4) is 0 Å². The highest BCUT2D eigenvalue weighted by atomic mass is 32.2. The van der Waals surface area contributed by atoms with Crippen molar-refractivity contribution in [3.63, 3.8) is 0 Å². The molecule has 2 fully saturated rings. The molecule has 1 aromatic carbocycles. The lowest BCUT2D eigenvalue weighted by Gasteiger charge is -2.29. The molecule has 7 nitrogen and oxygen atoms in total. The number of amides is 1. The highest BCUT2D eigenvalue weighted by Crippen LogP contribution is 2.33. The first-order chi connectivity index (χ1) is 11.5. The van der Waals surface area contributed by atoms with E-state index in [9.17, 15) is 14.9 Å². The minimum absolute atomic E-state index is 0.00690. The van der Waals surface area contributed by atoms with E-state index in [1.54, 1.807) is 23.1 Å². The Kier molecular flexibility index (Phi) is 5.24. The summed E-state index contributed by atoms with van der Waals surface area (Å²) in [5.74, 6) is -0.164. The standard InChI is InChI=1S/C15H15N3O4S2/c19-14-13(9-11-2-1-3-12(8-11)18(20)21)24-15(23)17(14)10-16-4-6-22-7-5-16/h1-3,8-9H,4-7,10H2/b13-9+. The number of morpholine rings is 1. The molecule has 0 bridgehead atoms. The first-order valence-electron chi connectivity index (χ1n) is 7.34. The molecular formula is C15H15N3O4S2. The van der Waals surface area contributed by atoms with Gasteiger partial charge in [-0.1, -0.05) is 36.1 Å². The summed E-state index contributed by atoms with van der Waals surface area (Å²) in [6.07, 6.45) is 1.64. The number of nitro groups is 1. The van der Waals surface area contributed by atoms with Gasteiger partial charge < -0.3 is 4.74 Å². The Balaban J connectivity index is 1.75. The lowest BCUT2D eigenvalue weighted by Crippen LogP contribution is -2.45. The number of hydrogen-bond acceptors (Lipinski definition) is 7. The highest BCUT2D eigenvalue weighted by molar-refractivity contribution is 8.26. The van der Waals surface area contributed by atoms with Crippen molar-refractivity contribution < 1.29 is 14.5 Å². The summed E-state index contributed by atoms with van der Waals surface area (Å²) in [5.41, 5.74) is 0.601. The Morgan fingerprint density at radius 2 is 2.12 bits per heavy atom. The molecule has 2 saturated heterocycles. The van der Waals surface area contributed by atoms with Crippen LogP contribution >= 0.6 is 24.0 Å². The molecule has 24 heavy (non-hydrogen) atoms. The molecule has 0 unspecified atom stereocenters. The van der Waals surface area contributed by atoms with Crippen LogP contribution in [0, 0.1) is 10.1 Å². The maximum Gasteiger partial charge on any atom is 0.270 e. The lowest BCUT2D eigenvalue weighted by atomic mass is 10.2. The van der Waals surface area contributed by atoms with Crippen LogP contribution in [0.15, 0.2) is 29.2 Å². The van der Waals surface area contributed by atoms with Gasteiger partial charge in [-0.15, -0.1) is 0 Å². The van der Waals surface area contributed by atoms with Crippen molar-refractivity contribution in [2.24, 2.45) is 0 Å². The molecule has 0 atom stereocenters. The number of non-ortho nitro benzene ring substituents is 1. The summed E-state index contributed by atoms with van der Waals surface area (Å²) in [5, 5.41) is 10.8. The van der Waals surface area contributed by atoms with E-state index in [1.807, 2.05) is 0 Å². The number of nitrogens with zero attached hydrogens (tertiary/aromatic N) is 3. The second-order valence-corrected chi connectivity index (χ2v) is 7.01. The van der Waals surface area contributed by atoms with Gasteiger partial charge in [0.05, 0.1) is 29.7 Å². The number of hydrogen-bond donors (Lipinski definition) is 0. The number of benzene rings is 1. The van der Waals surface area contributed by atoms with Gasteiger partial charge in [0.1, 0.15) is 4.32 Å². The summed E-state index contributed by atoms with van der Waals surface area (Å²) >= 11 is 6.53. The molecule has 0 aromatic heterocycles. The SMILES string of the molecule is O=C1/C(=C\c2cccc([N+](=O)[O-])c2)SC(=S)N1CN1CCOCC1. The predicted molar refractivity (Wildman–Crippen MR) is 95.4 cm³/mol. The molecule has 0 N–H and O–H groups in total. The van der Waals surface area contributed by atoms with Gasteiger partial charge in [-0.25, -0.2) is 0 Å². The number of thiocarbonyl (C=S) groups is 1. The van der Waals surface area contributed by atoms with Crippen LogP contribution < -0.4 is 0 Å². The molecule has 2 aliphatic rings. The van der Waals surface area contributed by atoms with Crippen LogP contribution in [0.5, 0.6) is 0 Å². The number of nitro benzene ring substituents is 1. The van der Waals surface area contributed by atoms with Gasteiger partial charge in [-0.3, -0.25) is 24.7 Å². The third kappa shape index (κ3) is 3.81. The van der Waals surface area contributed by atoms with Crippen molar-refractivity contribution in [1.29, 1.82) is 0 Å². The van der Waals surface area contributed by atoms with Crippen molar-refractivity contribution in [3.05, 3.63) is 44.8 Å². The van der Waals surface area contributed by atoms with Gasteiger partial charge in [0, 0.05) is 25.2 Å². The maximum absolute atomic E-state index is 12.6. The van der Waals surface area contributed by atoms with Gasteiger partial charge in [0.25, 0.3) is 11.6 Å². The van der Waals surface area contributed by atoms with Crippen molar-refractivity contribution in [2.75, 3.05) is 33.0 Å². The average Bonchev–Trinajstić information content (AvgIpc) is 2.83. The maximum atomic E-state index is 12.6. The number of carbonyl (C=O) groups excluding carboxylic acids is 1. The molecule has 9 heteroatoms. The molecule has 3 rings (SSSR count). The van der Waals surface area contributed by atoms with E-state index in [2.05, 4.69) is 4.90 Å². The Morgan fingerprint density at radius 3 is 2.83 bits per heavy atom. The lowest BCUT2D eigenvalue weighted by molar-refractivity contribution is -0.384. The first kappa shape index (κ1) is 17.0. The van der Waals surface area contributed by atoms with Gasteiger partial charge in [0.2, 0.25) is 0 Å². The van der Waals surface area contributed by atoms with Gasteiger partial charge in [0.15, 0.2) is 0 Å². The summed E-state index contributed by atoms with van der Waals surface area (Å²) in [7, 11) is 0. The number of ether oxygens (including phenoxy) is 1. The molecular weight excluding hydrogens is 350 g/mol. The van der Waals surface area contributed by atoms with Crippen LogP contribution in [-0.2, 0) is 9.53 Å². The Hall–Kier alpha value is -1.81. The van der Waals surface area contributed by atoms with E-state index in [0.29, 0.717) is 34.7 Å². The zero-order valence-corrected chi connectivity index (χ0v) is 14.3. The molecule has 0 aliphatic carbocycles. The zero-order valence-electron chi connectivity index (χ0n) is 12.7. The van der Waals surface area contributed by atoms with E-state index >= 15 is 0 Å². The molecule has 0 saturated carbocycles. The third-order valence-corrected chi connectivity index (χ3v) is 5.08.